The molecule has 170 valence electrons. The van der Waals surface area contributed by atoms with Gasteiger partial charge in [-0.05, 0) is 31.9 Å². The summed E-state index contributed by atoms with van der Waals surface area (Å²) in [5, 5.41) is 11.2. The second kappa shape index (κ2) is 8.85. The van der Waals surface area contributed by atoms with Gasteiger partial charge in [0.1, 0.15) is 18.4 Å². The van der Waals surface area contributed by atoms with Crippen LogP contribution in [0.5, 0.6) is 5.75 Å². The van der Waals surface area contributed by atoms with E-state index in [1.807, 2.05) is 6.92 Å². The summed E-state index contributed by atoms with van der Waals surface area (Å²) in [6.07, 6.45) is 0.860. The van der Waals surface area contributed by atoms with Gasteiger partial charge in [0, 0.05) is 29.8 Å². The molecule has 2 heterocycles. The topological polar surface area (TPSA) is 125 Å². The molecule has 0 amide bonds. The van der Waals surface area contributed by atoms with E-state index in [0.29, 0.717) is 29.7 Å². The minimum atomic E-state index is -3.86. The van der Waals surface area contributed by atoms with Gasteiger partial charge >= 0.3 is 5.97 Å². The zero-order chi connectivity index (χ0) is 22.9. The lowest BCUT2D eigenvalue weighted by molar-refractivity contribution is -0.385. The Kier molecular flexibility index (Phi) is 6.13. The standard InChI is InChI=1S/C21H22N2O8S/c1-14-4-6-18(7-5-14)32(27,28)22-8-2-3-19(22)21(24)30-12-16-10-17(23(25)26)9-15-11-29-13-31-20(15)16/h4-7,9-10,19H,2-3,8,11-13H2,1H3. The third-order valence-corrected chi connectivity index (χ3v) is 7.38. The van der Waals surface area contributed by atoms with E-state index < -0.39 is 27.0 Å². The first-order valence-electron chi connectivity index (χ1n) is 10.0. The van der Waals surface area contributed by atoms with Gasteiger partial charge in [0.15, 0.2) is 6.79 Å². The van der Waals surface area contributed by atoms with Gasteiger partial charge in [-0.2, -0.15) is 4.31 Å². The molecule has 1 unspecified atom stereocenters. The molecule has 11 heteroatoms. The first kappa shape index (κ1) is 22.2. The van der Waals surface area contributed by atoms with Crippen LogP contribution >= 0.6 is 0 Å². The molecular formula is C21H22N2O8S. The SMILES string of the molecule is Cc1ccc(S(=O)(=O)N2CCCC2C(=O)OCc2cc([N+](=O)[O-])cc3c2OCOC3)cc1. The number of aryl methyl sites for hydroxylation is 1. The Morgan fingerprint density at radius 1 is 1.28 bits per heavy atom. The van der Waals surface area contributed by atoms with E-state index in [2.05, 4.69) is 0 Å². The number of nitro groups is 1. The maximum atomic E-state index is 13.1. The summed E-state index contributed by atoms with van der Waals surface area (Å²) in [6, 6.07) is 8.11. The molecular weight excluding hydrogens is 440 g/mol. The van der Waals surface area contributed by atoms with Crippen molar-refractivity contribution in [1.82, 2.24) is 4.31 Å². The molecule has 0 N–H and O–H groups in total. The Hall–Kier alpha value is -3.02. The third kappa shape index (κ3) is 4.31. The molecule has 0 aliphatic carbocycles. The van der Waals surface area contributed by atoms with Gasteiger partial charge in [0.05, 0.1) is 16.4 Å². The van der Waals surface area contributed by atoms with Crippen LogP contribution in [-0.2, 0) is 37.5 Å². The van der Waals surface area contributed by atoms with Crippen molar-refractivity contribution in [2.24, 2.45) is 0 Å². The summed E-state index contributed by atoms with van der Waals surface area (Å²) in [5.41, 5.74) is 1.57. The zero-order valence-electron chi connectivity index (χ0n) is 17.4. The smallest absolute Gasteiger partial charge is 0.324 e. The Balaban J connectivity index is 1.52. The van der Waals surface area contributed by atoms with Crippen molar-refractivity contribution in [3.8, 4) is 5.75 Å². The summed E-state index contributed by atoms with van der Waals surface area (Å²) < 4.78 is 43.3. The molecule has 0 bridgehead atoms. The molecule has 0 aromatic heterocycles. The largest absolute Gasteiger partial charge is 0.467 e. The van der Waals surface area contributed by atoms with Gasteiger partial charge in [0.2, 0.25) is 10.0 Å². The number of sulfonamides is 1. The first-order chi connectivity index (χ1) is 15.3. The molecule has 1 atom stereocenters. The predicted molar refractivity (Wildman–Crippen MR) is 111 cm³/mol. The van der Waals surface area contributed by atoms with Crippen LogP contribution in [0.25, 0.3) is 0 Å². The highest BCUT2D eigenvalue weighted by Crippen LogP contribution is 2.34. The summed E-state index contributed by atoms with van der Waals surface area (Å²) in [4.78, 5) is 23.6. The van der Waals surface area contributed by atoms with Gasteiger partial charge in [-0.25, -0.2) is 8.42 Å². The first-order valence-corrected chi connectivity index (χ1v) is 11.5. The van der Waals surface area contributed by atoms with Crippen LogP contribution in [0.2, 0.25) is 0 Å². The number of hydrogen-bond acceptors (Lipinski definition) is 8. The van der Waals surface area contributed by atoms with Crippen molar-refractivity contribution < 1.29 is 32.3 Å². The fourth-order valence-electron chi connectivity index (χ4n) is 3.85. The van der Waals surface area contributed by atoms with Crippen molar-refractivity contribution in [3.05, 3.63) is 63.2 Å². The number of nitro benzene ring substituents is 1. The highest BCUT2D eigenvalue weighted by molar-refractivity contribution is 7.89. The lowest BCUT2D eigenvalue weighted by Gasteiger charge is -2.24. The normalized spacial score (nSPS) is 18.6. The third-order valence-electron chi connectivity index (χ3n) is 5.46. The van der Waals surface area contributed by atoms with Crippen molar-refractivity contribution in [3.63, 3.8) is 0 Å². The van der Waals surface area contributed by atoms with E-state index in [1.165, 1.54) is 24.3 Å². The van der Waals surface area contributed by atoms with E-state index in [-0.39, 0.29) is 37.1 Å². The number of benzene rings is 2. The van der Waals surface area contributed by atoms with Gasteiger partial charge in [-0.15, -0.1) is 0 Å². The van der Waals surface area contributed by atoms with Crippen molar-refractivity contribution >= 4 is 21.7 Å². The number of rotatable bonds is 6. The highest BCUT2D eigenvalue weighted by Gasteiger charge is 2.40. The summed E-state index contributed by atoms with van der Waals surface area (Å²) >= 11 is 0. The van der Waals surface area contributed by atoms with Crippen molar-refractivity contribution in [2.45, 2.75) is 43.9 Å². The lowest BCUT2D eigenvalue weighted by Crippen LogP contribution is -2.41. The molecule has 2 aliphatic rings. The maximum absolute atomic E-state index is 13.1. The fourth-order valence-corrected chi connectivity index (χ4v) is 5.49. The second-order valence-electron chi connectivity index (χ2n) is 7.66. The summed E-state index contributed by atoms with van der Waals surface area (Å²) in [5.74, 6) is -0.323. The number of carbonyl (C=O) groups excluding carboxylic acids is 1. The molecule has 4 rings (SSSR count). The molecule has 0 spiro atoms. The van der Waals surface area contributed by atoms with E-state index in [9.17, 15) is 23.3 Å². The Morgan fingerprint density at radius 2 is 2.03 bits per heavy atom. The van der Waals surface area contributed by atoms with Crippen LogP contribution in [0.1, 0.15) is 29.5 Å². The number of hydrogen-bond donors (Lipinski definition) is 0. The summed E-state index contributed by atoms with van der Waals surface area (Å²) in [6.45, 7) is 1.91. The number of nitrogens with zero attached hydrogens (tertiary/aromatic N) is 2. The molecule has 10 nitrogen and oxygen atoms in total. The zero-order valence-corrected chi connectivity index (χ0v) is 18.2. The average molecular weight is 462 g/mol. The van der Waals surface area contributed by atoms with Gasteiger partial charge < -0.3 is 14.2 Å². The van der Waals surface area contributed by atoms with Gasteiger partial charge in [0.25, 0.3) is 5.69 Å². The second-order valence-corrected chi connectivity index (χ2v) is 9.55. The van der Waals surface area contributed by atoms with Crippen LogP contribution < -0.4 is 4.74 Å². The monoisotopic (exact) mass is 462 g/mol. The molecule has 32 heavy (non-hydrogen) atoms. The predicted octanol–water partition coefficient (Wildman–Crippen LogP) is 2.67. The fraction of sp³-hybridized carbons (Fsp3) is 0.381. The summed E-state index contributed by atoms with van der Waals surface area (Å²) in [7, 11) is -3.86. The molecule has 0 radical (unpaired) electrons. The van der Waals surface area contributed by atoms with Crippen LogP contribution in [-0.4, -0.2) is 43.0 Å². The van der Waals surface area contributed by atoms with Crippen molar-refractivity contribution in [1.29, 1.82) is 0 Å². The number of non-ortho nitro benzene ring substituents is 1. The minimum absolute atomic E-state index is 0.0169. The lowest BCUT2D eigenvalue weighted by atomic mass is 10.1. The minimum Gasteiger partial charge on any atom is -0.467 e. The quantitative estimate of drug-likeness (QED) is 0.364. The molecule has 1 fully saturated rings. The van der Waals surface area contributed by atoms with E-state index in [1.54, 1.807) is 12.1 Å². The number of carbonyl (C=O) groups is 1. The van der Waals surface area contributed by atoms with Crippen LogP contribution in [0.15, 0.2) is 41.3 Å². The molecule has 2 aromatic carbocycles. The molecule has 2 aliphatic heterocycles. The van der Waals surface area contributed by atoms with Crippen LogP contribution in [0, 0.1) is 17.0 Å². The van der Waals surface area contributed by atoms with Gasteiger partial charge in [-0.1, -0.05) is 17.7 Å². The Labute approximate surface area is 184 Å². The van der Waals surface area contributed by atoms with Crippen LogP contribution in [0.4, 0.5) is 5.69 Å². The molecule has 2 aromatic rings. The van der Waals surface area contributed by atoms with E-state index in [0.717, 1.165) is 9.87 Å². The average Bonchev–Trinajstić information content (AvgIpc) is 3.28. The Morgan fingerprint density at radius 3 is 2.75 bits per heavy atom. The number of fused-ring (bicyclic) bond motifs is 1. The van der Waals surface area contributed by atoms with E-state index >= 15 is 0 Å². The number of esters is 1. The highest BCUT2D eigenvalue weighted by atomic mass is 32.2. The number of ether oxygens (including phenoxy) is 3. The molecule has 0 saturated carbocycles. The van der Waals surface area contributed by atoms with Gasteiger partial charge in [-0.3, -0.25) is 14.9 Å². The van der Waals surface area contributed by atoms with E-state index in [4.69, 9.17) is 14.2 Å². The maximum Gasteiger partial charge on any atom is 0.324 e. The molecule has 1 saturated heterocycles. The van der Waals surface area contributed by atoms with Crippen LogP contribution in [0.3, 0.4) is 0 Å². The Bertz CT molecular complexity index is 1150. The van der Waals surface area contributed by atoms with Crippen molar-refractivity contribution in [2.75, 3.05) is 13.3 Å².